The van der Waals surface area contributed by atoms with E-state index < -0.39 is 146 Å². The van der Waals surface area contributed by atoms with Gasteiger partial charge >= 0.3 is 101 Å². The molecule has 0 heterocycles. The number of rotatable bonds is 38. The average molecular weight is 1410 g/mol. The van der Waals surface area contributed by atoms with Crippen molar-refractivity contribution in [3.05, 3.63) is 83.4 Å². The van der Waals surface area contributed by atoms with Gasteiger partial charge in [-0.15, -0.1) is 0 Å². The Morgan fingerprint density at radius 3 is 0.989 bits per heavy atom. The van der Waals surface area contributed by atoms with Crippen LogP contribution in [-0.4, -0.2) is 115 Å². The molecule has 3 rings (SSSR count). The summed E-state index contributed by atoms with van der Waals surface area (Å²) in [7, 11) is 0. The molecule has 0 spiro atoms. The van der Waals surface area contributed by atoms with Crippen LogP contribution in [0, 0.1) is 0 Å². The fraction of sp³-hybridized carbons (Fsp3) is 0.618. The second-order valence-corrected chi connectivity index (χ2v) is 20.6. The molecular weight excluding hydrogens is 1360 g/mol. The quantitative estimate of drug-likeness (QED) is 0.0242. The monoisotopic (exact) mass is 1410 g/mol. The van der Waals surface area contributed by atoms with Crippen molar-refractivity contribution >= 4 is 17.9 Å². The molecule has 0 bridgehead atoms. The van der Waals surface area contributed by atoms with Crippen LogP contribution in [0.3, 0.4) is 0 Å². The molecule has 93 heavy (non-hydrogen) atoms. The van der Waals surface area contributed by atoms with Gasteiger partial charge in [0.05, 0.1) is 24.3 Å². The molecule has 0 aromatic heterocycles. The van der Waals surface area contributed by atoms with Crippen LogP contribution >= 0.6 is 0 Å². The standard InChI is InChI=1S/C55H52F30O8/c1-2-15-39(86)91-31-34-30-37(92-40(87)32-16-20-35(21-17-32)89-28-13-9-5-3-7-11-26-42(56,57)44(60,61)46(64,65)48(68,69)50(72,73)52(76,77)54(80,81)82)24-25-38(34)93-41(88)33-18-22-36(23-19-33)90-29-14-10-6-4-8-12-27-43(58,59)45(62,63)47(66,67)49(70,71)51(74,75)53(78,79)55(83,84)85/h16-25,30H,2-15,26-29,31H2,1H3. The number of ether oxygens (including phenoxy) is 5. The average Bonchev–Trinajstić information content (AvgIpc) is 0.711. The highest BCUT2D eigenvalue weighted by atomic mass is 19.4. The third-order valence-electron chi connectivity index (χ3n) is 13.6. The molecule has 3 aromatic carbocycles. The van der Waals surface area contributed by atoms with Crippen molar-refractivity contribution in [2.24, 2.45) is 0 Å². The molecule has 3 aromatic rings. The van der Waals surface area contributed by atoms with Gasteiger partial charge in [-0.1, -0.05) is 58.3 Å². The minimum absolute atomic E-state index is 0.0116. The first kappa shape index (κ1) is 80.8. The minimum atomic E-state index is -8.35. The van der Waals surface area contributed by atoms with Gasteiger partial charge in [-0.2, -0.15) is 132 Å². The Balaban J connectivity index is 1.47. The highest BCUT2D eigenvalue weighted by molar-refractivity contribution is 5.92. The number of esters is 3. The minimum Gasteiger partial charge on any atom is -0.494 e. The Hall–Kier alpha value is -6.43. The summed E-state index contributed by atoms with van der Waals surface area (Å²) in [5.41, 5.74) is -0.0916. The van der Waals surface area contributed by atoms with Gasteiger partial charge in [-0.05, 0) is 98.8 Å². The van der Waals surface area contributed by atoms with E-state index in [2.05, 4.69) is 0 Å². The maximum atomic E-state index is 14.1. The van der Waals surface area contributed by atoms with Gasteiger partial charge in [0.1, 0.15) is 29.6 Å². The number of halogens is 30. The lowest BCUT2D eigenvalue weighted by molar-refractivity contribution is -0.452. The van der Waals surface area contributed by atoms with Crippen LogP contribution < -0.4 is 18.9 Å². The lowest BCUT2D eigenvalue weighted by atomic mass is 9.89. The summed E-state index contributed by atoms with van der Waals surface area (Å²) in [5, 5.41) is 0. The van der Waals surface area contributed by atoms with E-state index in [1.165, 1.54) is 66.7 Å². The van der Waals surface area contributed by atoms with Gasteiger partial charge in [0.2, 0.25) is 0 Å². The predicted octanol–water partition coefficient (Wildman–Crippen LogP) is 19.9. The van der Waals surface area contributed by atoms with E-state index in [-0.39, 0.29) is 111 Å². The third kappa shape index (κ3) is 17.5. The van der Waals surface area contributed by atoms with E-state index in [9.17, 15) is 146 Å². The molecule has 0 N–H and O–H groups in total. The summed E-state index contributed by atoms with van der Waals surface area (Å²) in [5.74, 6) is -96.0. The number of carbonyl (C=O) groups excluding carboxylic acids is 3. The Morgan fingerprint density at radius 1 is 0.344 bits per heavy atom. The van der Waals surface area contributed by atoms with Crippen LogP contribution in [0.5, 0.6) is 23.0 Å². The topological polar surface area (TPSA) is 97.4 Å². The number of carbonyl (C=O) groups is 3. The van der Waals surface area contributed by atoms with E-state index >= 15 is 0 Å². The van der Waals surface area contributed by atoms with Crippen molar-refractivity contribution in [2.45, 2.75) is 200 Å². The van der Waals surface area contributed by atoms with E-state index in [0.29, 0.717) is 6.42 Å². The molecule has 0 radical (unpaired) electrons. The van der Waals surface area contributed by atoms with E-state index in [4.69, 9.17) is 23.7 Å². The van der Waals surface area contributed by atoms with Crippen molar-refractivity contribution in [2.75, 3.05) is 13.2 Å². The summed E-state index contributed by atoms with van der Waals surface area (Å²) in [6.07, 6.45) is -22.3. The molecule has 0 unspecified atom stereocenters. The normalized spacial score (nSPS) is 14.1. The van der Waals surface area contributed by atoms with E-state index in [1.807, 2.05) is 0 Å². The van der Waals surface area contributed by atoms with E-state index in [1.54, 1.807) is 6.92 Å². The molecule has 0 aliphatic rings. The molecule has 0 fully saturated rings. The number of hydrogen-bond acceptors (Lipinski definition) is 8. The summed E-state index contributed by atoms with van der Waals surface area (Å²) in [6, 6.07) is 13.9. The van der Waals surface area contributed by atoms with Crippen molar-refractivity contribution < 1.29 is 170 Å². The van der Waals surface area contributed by atoms with Gasteiger partial charge in [-0.3, -0.25) is 4.79 Å². The fourth-order valence-corrected chi connectivity index (χ4v) is 7.97. The van der Waals surface area contributed by atoms with Gasteiger partial charge in [-0.25, -0.2) is 9.59 Å². The van der Waals surface area contributed by atoms with Crippen molar-refractivity contribution in [3.63, 3.8) is 0 Å². The van der Waals surface area contributed by atoms with Gasteiger partial charge < -0.3 is 23.7 Å². The Bertz CT molecular complexity index is 2910. The number of benzene rings is 3. The van der Waals surface area contributed by atoms with Gasteiger partial charge in [0.25, 0.3) is 0 Å². The van der Waals surface area contributed by atoms with Crippen LogP contribution in [0.25, 0.3) is 0 Å². The third-order valence-corrected chi connectivity index (χ3v) is 13.6. The molecule has 0 saturated carbocycles. The molecule has 0 amide bonds. The Kier molecular flexibility index (Phi) is 26.2. The summed E-state index contributed by atoms with van der Waals surface area (Å²) < 4.78 is 430. The highest BCUT2D eigenvalue weighted by Gasteiger charge is 2.94. The first-order valence-electron chi connectivity index (χ1n) is 27.1. The Labute approximate surface area is 506 Å². The molecule has 0 aliphatic carbocycles. The van der Waals surface area contributed by atoms with Crippen molar-refractivity contribution in [1.82, 2.24) is 0 Å². The second-order valence-electron chi connectivity index (χ2n) is 20.6. The van der Waals surface area contributed by atoms with Crippen LogP contribution in [0.2, 0.25) is 0 Å². The number of hydrogen-bond donors (Lipinski definition) is 0. The summed E-state index contributed by atoms with van der Waals surface area (Å²) in [6.45, 7) is 1.09. The summed E-state index contributed by atoms with van der Waals surface area (Å²) in [4.78, 5) is 38.4. The van der Waals surface area contributed by atoms with Crippen molar-refractivity contribution in [3.8, 4) is 23.0 Å². The maximum Gasteiger partial charge on any atom is 0.460 e. The molecule has 8 nitrogen and oxygen atoms in total. The SMILES string of the molecule is CCCC(=O)OCc1cc(OC(=O)c2ccc(OCCCCCCCCC(F)(F)C(F)(F)C(F)(F)C(F)(F)C(F)(F)C(F)(F)C(F)(F)F)cc2)ccc1OC(=O)c1ccc(OCCCCCCCCC(F)(F)C(F)(F)C(F)(F)C(F)(F)C(F)(F)C(F)(F)C(F)(F)F)cc1. The smallest absolute Gasteiger partial charge is 0.460 e. The summed E-state index contributed by atoms with van der Waals surface area (Å²) >= 11 is 0. The van der Waals surface area contributed by atoms with Crippen LogP contribution in [0.4, 0.5) is 132 Å². The zero-order valence-corrected chi connectivity index (χ0v) is 47.4. The predicted molar refractivity (Wildman–Crippen MR) is 261 cm³/mol. The van der Waals surface area contributed by atoms with Gasteiger partial charge in [0.15, 0.2) is 0 Å². The molecule has 0 saturated heterocycles. The van der Waals surface area contributed by atoms with E-state index in [0.717, 1.165) is 0 Å². The molecule has 38 heteroatoms. The molecule has 530 valence electrons. The molecule has 0 aliphatic heterocycles. The van der Waals surface area contributed by atoms with Crippen LogP contribution in [-0.2, 0) is 16.1 Å². The first-order valence-corrected chi connectivity index (χ1v) is 27.1. The van der Waals surface area contributed by atoms with Gasteiger partial charge in [0, 0.05) is 24.8 Å². The lowest BCUT2D eigenvalue weighted by Gasteiger charge is -2.41. The number of alkyl halides is 30. The zero-order chi connectivity index (χ0) is 71.5. The maximum absolute atomic E-state index is 14.1. The molecule has 0 atom stereocenters. The largest absolute Gasteiger partial charge is 0.494 e. The Morgan fingerprint density at radius 2 is 0.645 bits per heavy atom. The zero-order valence-electron chi connectivity index (χ0n) is 47.4. The first-order chi connectivity index (χ1) is 42.2. The second kappa shape index (κ2) is 30.1. The molecular formula is C55H52F30O8. The van der Waals surface area contributed by atoms with Crippen molar-refractivity contribution in [1.29, 1.82) is 0 Å². The van der Waals surface area contributed by atoms with Crippen LogP contribution in [0.1, 0.15) is 136 Å². The lowest BCUT2D eigenvalue weighted by Crippen LogP contribution is -2.72. The number of unbranched alkanes of at least 4 members (excludes halogenated alkanes) is 10. The highest BCUT2D eigenvalue weighted by Crippen LogP contribution is 2.65. The fourth-order valence-electron chi connectivity index (χ4n) is 7.97. The van der Waals surface area contributed by atoms with Crippen LogP contribution in [0.15, 0.2) is 66.7 Å².